The maximum Gasteiger partial charge on any atom is 0.248 e. The van der Waals surface area contributed by atoms with Gasteiger partial charge in [-0.1, -0.05) is 12.1 Å². The SMILES string of the molecule is COc1ccc(SCC(=O)NNC(=S)Nc2ccccc2F)cc1. The molecule has 0 heterocycles. The van der Waals surface area contributed by atoms with Crippen molar-refractivity contribution < 1.29 is 13.9 Å². The van der Waals surface area contributed by atoms with Gasteiger partial charge in [0.05, 0.1) is 18.6 Å². The molecule has 0 aromatic heterocycles. The maximum absolute atomic E-state index is 13.5. The molecule has 0 spiro atoms. The molecule has 126 valence electrons. The number of para-hydroxylation sites is 1. The van der Waals surface area contributed by atoms with Crippen molar-refractivity contribution >= 4 is 40.7 Å². The van der Waals surface area contributed by atoms with Gasteiger partial charge in [0.1, 0.15) is 11.6 Å². The van der Waals surface area contributed by atoms with Crippen molar-refractivity contribution in [3.63, 3.8) is 0 Å². The molecule has 0 bridgehead atoms. The lowest BCUT2D eigenvalue weighted by molar-refractivity contribution is -0.119. The van der Waals surface area contributed by atoms with Gasteiger partial charge in [-0.15, -0.1) is 11.8 Å². The van der Waals surface area contributed by atoms with E-state index in [1.165, 1.54) is 17.8 Å². The first kappa shape index (κ1) is 18.0. The number of halogens is 1. The van der Waals surface area contributed by atoms with Crippen LogP contribution in [0.15, 0.2) is 53.4 Å². The summed E-state index contributed by atoms with van der Waals surface area (Å²) in [4.78, 5) is 12.7. The second-order valence-electron chi connectivity index (χ2n) is 4.57. The van der Waals surface area contributed by atoms with Gasteiger partial charge in [0.2, 0.25) is 5.91 Å². The predicted octanol–water partition coefficient (Wildman–Crippen LogP) is 2.94. The average Bonchev–Trinajstić information content (AvgIpc) is 2.60. The van der Waals surface area contributed by atoms with Gasteiger partial charge < -0.3 is 10.1 Å². The van der Waals surface area contributed by atoms with Gasteiger partial charge in [-0.3, -0.25) is 15.6 Å². The first-order valence-corrected chi connectivity index (χ1v) is 8.35. The van der Waals surface area contributed by atoms with Crippen LogP contribution >= 0.6 is 24.0 Å². The van der Waals surface area contributed by atoms with Gasteiger partial charge in [0.25, 0.3) is 0 Å². The number of anilines is 1. The molecular formula is C16H16FN3O2S2. The number of methoxy groups -OCH3 is 1. The van der Waals surface area contributed by atoms with E-state index in [-0.39, 0.29) is 22.5 Å². The van der Waals surface area contributed by atoms with Gasteiger partial charge in [-0.2, -0.15) is 0 Å². The van der Waals surface area contributed by atoms with Gasteiger partial charge in [-0.05, 0) is 48.6 Å². The molecule has 3 N–H and O–H groups in total. The fraction of sp³-hybridized carbons (Fsp3) is 0.125. The standard InChI is InChI=1S/C16H16FN3O2S2/c1-22-11-6-8-12(9-7-11)24-10-15(21)19-20-16(23)18-14-5-3-2-4-13(14)17/h2-9H,10H2,1H3,(H,19,21)(H2,18,20,23). The highest BCUT2D eigenvalue weighted by Crippen LogP contribution is 2.20. The zero-order valence-electron chi connectivity index (χ0n) is 12.8. The molecule has 0 radical (unpaired) electrons. The molecule has 0 atom stereocenters. The molecular weight excluding hydrogens is 349 g/mol. The van der Waals surface area contributed by atoms with Gasteiger partial charge in [0, 0.05) is 4.90 Å². The lowest BCUT2D eigenvalue weighted by atomic mass is 10.3. The fourth-order valence-electron chi connectivity index (χ4n) is 1.70. The van der Waals surface area contributed by atoms with E-state index in [9.17, 15) is 9.18 Å². The highest BCUT2D eigenvalue weighted by Gasteiger charge is 2.06. The van der Waals surface area contributed by atoms with Gasteiger partial charge in [0.15, 0.2) is 5.11 Å². The minimum Gasteiger partial charge on any atom is -0.497 e. The Morgan fingerprint density at radius 2 is 1.88 bits per heavy atom. The molecule has 1 amide bonds. The van der Waals surface area contributed by atoms with Crippen LogP contribution in [-0.4, -0.2) is 23.9 Å². The fourth-order valence-corrected chi connectivity index (χ4v) is 2.56. The second kappa shape index (κ2) is 9.09. The van der Waals surface area contributed by atoms with E-state index in [0.29, 0.717) is 0 Å². The summed E-state index contributed by atoms with van der Waals surface area (Å²) in [5.74, 6) is 0.285. The summed E-state index contributed by atoms with van der Waals surface area (Å²) in [5, 5.41) is 2.76. The summed E-state index contributed by atoms with van der Waals surface area (Å²) in [5.41, 5.74) is 5.22. The molecule has 0 saturated carbocycles. The summed E-state index contributed by atoms with van der Waals surface area (Å²) in [6, 6.07) is 13.5. The van der Waals surface area contributed by atoms with Crippen LogP contribution in [0, 0.1) is 5.82 Å². The molecule has 0 aliphatic rings. The van der Waals surface area contributed by atoms with Crippen LogP contribution in [0.4, 0.5) is 10.1 Å². The zero-order valence-corrected chi connectivity index (χ0v) is 14.5. The first-order chi connectivity index (χ1) is 11.6. The zero-order chi connectivity index (χ0) is 17.4. The number of ether oxygens (including phenoxy) is 1. The van der Waals surface area contributed by atoms with Crippen LogP contribution in [-0.2, 0) is 4.79 Å². The van der Waals surface area contributed by atoms with Gasteiger partial charge in [-0.25, -0.2) is 4.39 Å². The van der Waals surface area contributed by atoms with Crippen molar-refractivity contribution in [2.75, 3.05) is 18.2 Å². The minimum atomic E-state index is -0.428. The lowest BCUT2D eigenvalue weighted by Crippen LogP contribution is -2.44. The van der Waals surface area contributed by atoms with E-state index in [2.05, 4.69) is 16.2 Å². The summed E-state index contributed by atoms with van der Waals surface area (Å²) in [6.45, 7) is 0. The number of nitrogens with one attached hydrogen (secondary N) is 3. The Labute approximate surface area is 148 Å². The summed E-state index contributed by atoms with van der Waals surface area (Å²) < 4.78 is 18.5. The molecule has 2 aromatic rings. The average molecular weight is 365 g/mol. The number of hydrogen-bond acceptors (Lipinski definition) is 4. The Kier molecular flexibility index (Phi) is 6.83. The van der Waals surface area contributed by atoms with E-state index in [1.807, 2.05) is 24.3 Å². The van der Waals surface area contributed by atoms with Crippen LogP contribution in [0.5, 0.6) is 5.75 Å². The molecule has 8 heteroatoms. The van der Waals surface area contributed by atoms with Crippen molar-refractivity contribution in [2.24, 2.45) is 0 Å². The Morgan fingerprint density at radius 3 is 2.54 bits per heavy atom. The van der Waals surface area contributed by atoms with Crippen molar-refractivity contribution in [1.82, 2.24) is 10.9 Å². The third-order valence-corrected chi connectivity index (χ3v) is 4.08. The molecule has 5 nitrogen and oxygen atoms in total. The molecule has 0 saturated heterocycles. The smallest absolute Gasteiger partial charge is 0.248 e. The monoisotopic (exact) mass is 365 g/mol. The number of carbonyl (C=O) groups is 1. The third kappa shape index (κ3) is 5.71. The molecule has 0 fully saturated rings. The highest BCUT2D eigenvalue weighted by atomic mass is 32.2. The number of carbonyl (C=O) groups excluding carboxylic acids is 1. The quantitative estimate of drug-likeness (QED) is 0.430. The molecule has 0 aliphatic heterocycles. The van der Waals surface area contributed by atoms with E-state index >= 15 is 0 Å². The molecule has 0 aliphatic carbocycles. The Balaban J connectivity index is 1.72. The van der Waals surface area contributed by atoms with Crippen LogP contribution in [0.25, 0.3) is 0 Å². The van der Waals surface area contributed by atoms with E-state index in [1.54, 1.807) is 25.3 Å². The number of thioether (sulfide) groups is 1. The number of benzene rings is 2. The number of thiocarbonyl (C=S) groups is 1. The van der Waals surface area contributed by atoms with Crippen LogP contribution in [0.2, 0.25) is 0 Å². The maximum atomic E-state index is 13.5. The Morgan fingerprint density at radius 1 is 1.17 bits per heavy atom. The number of hydrazine groups is 1. The predicted molar refractivity (Wildman–Crippen MR) is 97.6 cm³/mol. The normalized spacial score (nSPS) is 9.92. The minimum absolute atomic E-state index is 0.0999. The van der Waals surface area contributed by atoms with Crippen molar-refractivity contribution in [1.29, 1.82) is 0 Å². The van der Waals surface area contributed by atoms with Gasteiger partial charge >= 0.3 is 0 Å². The molecule has 0 unspecified atom stereocenters. The van der Waals surface area contributed by atoms with E-state index in [0.717, 1.165) is 10.6 Å². The number of amides is 1. The largest absolute Gasteiger partial charge is 0.497 e. The topological polar surface area (TPSA) is 62.4 Å². The van der Waals surface area contributed by atoms with Crippen molar-refractivity contribution in [3.8, 4) is 5.75 Å². The summed E-state index contributed by atoms with van der Waals surface area (Å²) in [6.07, 6.45) is 0. The van der Waals surface area contributed by atoms with Crippen molar-refractivity contribution in [3.05, 3.63) is 54.3 Å². The van der Waals surface area contributed by atoms with Crippen LogP contribution in [0.1, 0.15) is 0 Å². The summed E-state index contributed by atoms with van der Waals surface area (Å²) in [7, 11) is 1.60. The first-order valence-electron chi connectivity index (χ1n) is 6.95. The molecule has 2 aromatic carbocycles. The van der Waals surface area contributed by atoms with E-state index < -0.39 is 5.82 Å². The lowest BCUT2D eigenvalue weighted by Gasteiger charge is -2.12. The molecule has 24 heavy (non-hydrogen) atoms. The highest BCUT2D eigenvalue weighted by molar-refractivity contribution is 8.00. The number of hydrogen-bond donors (Lipinski definition) is 3. The summed E-state index contributed by atoms with van der Waals surface area (Å²) >= 11 is 6.37. The Hall–Kier alpha value is -2.32. The van der Waals surface area contributed by atoms with Crippen LogP contribution in [0.3, 0.4) is 0 Å². The van der Waals surface area contributed by atoms with Crippen LogP contribution < -0.4 is 20.9 Å². The molecule has 2 rings (SSSR count). The van der Waals surface area contributed by atoms with E-state index in [4.69, 9.17) is 17.0 Å². The number of rotatable bonds is 5. The third-order valence-electron chi connectivity index (χ3n) is 2.87. The van der Waals surface area contributed by atoms with Crippen molar-refractivity contribution in [2.45, 2.75) is 4.90 Å². The Bertz CT molecular complexity index is 711. The second-order valence-corrected chi connectivity index (χ2v) is 6.03.